The predicted octanol–water partition coefficient (Wildman–Crippen LogP) is 3.22. The van der Waals surface area contributed by atoms with E-state index in [9.17, 15) is 15.0 Å². The minimum absolute atomic E-state index is 0.0110. The van der Waals surface area contributed by atoms with Crippen molar-refractivity contribution in [3.8, 4) is 0 Å². The average Bonchev–Trinajstić information content (AvgIpc) is 2.70. The number of carbonyl (C=O) groups is 1. The third-order valence-corrected chi connectivity index (χ3v) is 4.17. The summed E-state index contributed by atoms with van der Waals surface area (Å²) in [6.45, 7) is 1.75. The third-order valence-electron chi connectivity index (χ3n) is 2.99. The average molecular weight is 297 g/mol. The Morgan fingerprint density at radius 1 is 1.37 bits per heavy atom. The number of aliphatic carboxylic acids is 1. The zero-order valence-electron chi connectivity index (χ0n) is 10.3. The lowest BCUT2D eigenvalue weighted by Crippen LogP contribution is -2.38. The van der Waals surface area contributed by atoms with Crippen LogP contribution in [0, 0.1) is 6.92 Å². The number of carboxylic acids is 1. The molecule has 2 rings (SSSR count). The number of benzene rings is 1. The van der Waals surface area contributed by atoms with Gasteiger partial charge in [0.1, 0.15) is 0 Å². The SMILES string of the molecule is Cc1sc(Cl)cc1C(O)(Cc1ccccc1)C(=O)O. The number of thiophene rings is 1. The van der Waals surface area contributed by atoms with Crippen LogP contribution in [0.3, 0.4) is 0 Å². The van der Waals surface area contributed by atoms with Gasteiger partial charge in [0.15, 0.2) is 5.60 Å². The van der Waals surface area contributed by atoms with Crippen molar-refractivity contribution in [2.45, 2.75) is 18.9 Å². The van der Waals surface area contributed by atoms with Crippen molar-refractivity contribution in [2.75, 3.05) is 0 Å². The molecule has 1 aromatic heterocycles. The normalized spacial score (nSPS) is 14.1. The molecule has 0 radical (unpaired) electrons. The molecule has 1 atom stereocenters. The summed E-state index contributed by atoms with van der Waals surface area (Å²) in [6.07, 6.45) is 0.0110. The first-order valence-corrected chi connectivity index (χ1v) is 6.89. The second kappa shape index (κ2) is 5.33. The van der Waals surface area contributed by atoms with Gasteiger partial charge in [-0.05, 0) is 18.6 Å². The Hall–Kier alpha value is -1.36. The van der Waals surface area contributed by atoms with Crippen molar-refractivity contribution in [1.82, 2.24) is 0 Å². The number of aliphatic hydroxyl groups is 1. The Labute approximate surface area is 120 Å². The maximum atomic E-state index is 11.5. The monoisotopic (exact) mass is 296 g/mol. The largest absolute Gasteiger partial charge is 0.479 e. The van der Waals surface area contributed by atoms with E-state index >= 15 is 0 Å². The highest BCUT2D eigenvalue weighted by Crippen LogP contribution is 2.36. The highest BCUT2D eigenvalue weighted by molar-refractivity contribution is 7.16. The third kappa shape index (κ3) is 2.81. The van der Waals surface area contributed by atoms with E-state index in [-0.39, 0.29) is 6.42 Å². The maximum Gasteiger partial charge on any atom is 0.340 e. The number of carboxylic acid groups (broad SMARTS) is 1. The van der Waals surface area contributed by atoms with Crippen LogP contribution in [0.2, 0.25) is 4.34 Å². The number of hydrogen-bond donors (Lipinski definition) is 2. The van der Waals surface area contributed by atoms with Gasteiger partial charge >= 0.3 is 5.97 Å². The minimum atomic E-state index is -1.95. The molecule has 100 valence electrons. The molecule has 0 fully saturated rings. The Morgan fingerprint density at radius 2 is 2.00 bits per heavy atom. The molecule has 0 aliphatic rings. The van der Waals surface area contributed by atoms with Gasteiger partial charge in [-0.3, -0.25) is 0 Å². The van der Waals surface area contributed by atoms with Gasteiger partial charge in [-0.1, -0.05) is 41.9 Å². The van der Waals surface area contributed by atoms with Crippen LogP contribution in [0.25, 0.3) is 0 Å². The van der Waals surface area contributed by atoms with Gasteiger partial charge < -0.3 is 10.2 Å². The molecule has 1 unspecified atom stereocenters. The summed E-state index contributed by atoms with van der Waals surface area (Å²) in [5.41, 5.74) is -0.831. The van der Waals surface area contributed by atoms with E-state index in [4.69, 9.17) is 11.6 Å². The second-order valence-electron chi connectivity index (χ2n) is 4.35. The molecule has 0 saturated carbocycles. The fourth-order valence-electron chi connectivity index (χ4n) is 2.03. The molecule has 0 spiro atoms. The molecule has 0 aliphatic heterocycles. The number of halogens is 1. The van der Waals surface area contributed by atoms with Crippen LogP contribution in [-0.4, -0.2) is 16.2 Å². The van der Waals surface area contributed by atoms with Gasteiger partial charge in [0.2, 0.25) is 0 Å². The standard InChI is InChI=1S/C14H13ClO3S/c1-9-11(7-12(15)19-9)14(18,13(16)17)8-10-5-3-2-4-6-10/h2-7,18H,8H2,1H3,(H,16,17). The molecule has 5 heteroatoms. The highest BCUT2D eigenvalue weighted by atomic mass is 35.5. The van der Waals surface area contributed by atoms with Crippen LogP contribution < -0.4 is 0 Å². The molecular formula is C14H13ClO3S. The fraction of sp³-hybridized carbons (Fsp3) is 0.214. The van der Waals surface area contributed by atoms with E-state index in [0.29, 0.717) is 14.8 Å². The van der Waals surface area contributed by atoms with Crippen LogP contribution >= 0.6 is 22.9 Å². The van der Waals surface area contributed by atoms with Gasteiger partial charge in [-0.15, -0.1) is 11.3 Å². The van der Waals surface area contributed by atoms with Gasteiger partial charge in [-0.25, -0.2) is 4.79 Å². The van der Waals surface area contributed by atoms with E-state index in [1.165, 1.54) is 17.4 Å². The summed E-state index contributed by atoms with van der Waals surface area (Å²) >= 11 is 7.16. The van der Waals surface area contributed by atoms with Crippen LogP contribution in [0.5, 0.6) is 0 Å². The fourth-order valence-corrected chi connectivity index (χ4v) is 3.30. The van der Waals surface area contributed by atoms with Crippen molar-refractivity contribution in [3.05, 3.63) is 56.7 Å². The van der Waals surface area contributed by atoms with Crippen molar-refractivity contribution in [3.63, 3.8) is 0 Å². The molecule has 2 N–H and O–H groups in total. The summed E-state index contributed by atoms with van der Waals surface area (Å²) in [5.74, 6) is -1.27. The summed E-state index contributed by atoms with van der Waals surface area (Å²) in [4.78, 5) is 12.2. The van der Waals surface area contributed by atoms with Crippen LogP contribution in [-0.2, 0) is 16.8 Å². The maximum absolute atomic E-state index is 11.5. The van der Waals surface area contributed by atoms with Crippen molar-refractivity contribution in [1.29, 1.82) is 0 Å². The Balaban J connectivity index is 2.44. The zero-order chi connectivity index (χ0) is 14.0. The molecule has 3 nitrogen and oxygen atoms in total. The molecule has 0 aliphatic carbocycles. The predicted molar refractivity (Wildman–Crippen MR) is 75.7 cm³/mol. The quantitative estimate of drug-likeness (QED) is 0.911. The van der Waals surface area contributed by atoms with Crippen LogP contribution in [0.4, 0.5) is 0 Å². The molecule has 19 heavy (non-hydrogen) atoms. The van der Waals surface area contributed by atoms with E-state index in [0.717, 1.165) is 5.56 Å². The molecule has 0 saturated heterocycles. The van der Waals surface area contributed by atoms with Gasteiger partial charge in [0, 0.05) is 16.9 Å². The summed E-state index contributed by atoms with van der Waals surface area (Å²) in [5, 5.41) is 19.9. The first-order chi connectivity index (χ1) is 8.93. The van der Waals surface area contributed by atoms with E-state index in [1.807, 2.05) is 18.2 Å². The Kier molecular flexibility index (Phi) is 3.94. The first kappa shape index (κ1) is 14.1. The number of aryl methyl sites for hydroxylation is 1. The van der Waals surface area contributed by atoms with Crippen molar-refractivity contribution in [2.24, 2.45) is 0 Å². The second-order valence-corrected chi connectivity index (χ2v) is 6.24. The number of hydrogen-bond acceptors (Lipinski definition) is 3. The Morgan fingerprint density at radius 3 is 2.47 bits per heavy atom. The van der Waals surface area contributed by atoms with Crippen molar-refractivity contribution < 1.29 is 15.0 Å². The zero-order valence-corrected chi connectivity index (χ0v) is 11.8. The molecule has 1 heterocycles. The van der Waals surface area contributed by atoms with Crippen LogP contribution in [0.1, 0.15) is 16.0 Å². The molecular weight excluding hydrogens is 284 g/mol. The molecule has 1 aromatic carbocycles. The summed E-state index contributed by atoms with van der Waals surface area (Å²) in [6, 6.07) is 10.6. The van der Waals surface area contributed by atoms with Gasteiger partial charge in [0.25, 0.3) is 0 Å². The van der Waals surface area contributed by atoms with E-state index in [1.54, 1.807) is 19.1 Å². The van der Waals surface area contributed by atoms with Gasteiger partial charge in [0.05, 0.1) is 4.34 Å². The molecule has 2 aromatic rings. The summed E-state index contributed by atoms with van der Waals surface area (Å²) in [7, 11) is 0. The van der Waals surface area contributed by atoms with Gasteiger partial charge in [-0.2, -0.15) is 0 Å². The first-order valence-electron chi connectivity index (χ1n) is 5.69. The number of rotatable bonds is 4. The minimum Gasteiger partial charge on any atom is -0.479 e. The molecule has 0 amide bonds. The van der Waals surface area contributed by atoms with E-state index < -0.39 is 11.6 Å². The topological polar surface area (TPSA) is 57.5 Å². The van der Waals surface area contributed by atoms with Crippen LogP contribution in [0.15, 0.2) is 36.4 Å². The van der Waals surface area contributed by atoms with E-state index in [2.05, 4.69) is 0 Å². The lowest BCUT2D eigenvalue weighted by molar-refractivity contribution is -0.159. The molecule has 0 bridgehead atoms. The summed E-state index contributed by atoms with van der Waals surface area (Å²) < 4.78 is 0.472. The van der Waals surface area contributed by atoms with Crippen molar-refractivity contribution >= 4 is 28.9 Å². The Bertz CT molecular complexity index is 594. The lowest BCUT2D eigenvalue weighted by Gasteiger charge is -2.23. The lowest BCUT2D eigenvalue weighted by atomic mass is 9.87. The highest BCUT2D eigenvalue weighted by Gasteiger charge is 2.40. The smallest absolute Gasteiger partial charge is 0.340 e.